The number of ether oxygens (including phenoxy) is 1. The zero-order valence-corrected chi connectivity index (χ0v) is 14.8. The van der Waals surface area contributed by atoms with Crippen molar-refractivity contribution in [3.8, 4) is 5.75 Å². The number of halogens is 1. The van der Waals surface area contributed by atoms with Crippen LogP contribution in [-0.4, -0.2) is 37.3 Å². The Bertz CT molecular complexity index is 718. The highest BCUT2D eigenvalue weighted by atomic mass is 35.5. The highest BCUT2D eigenvalue weighted by Crippen LogP contribution is 2.27. The summed E-state index contributed by atoms with van der Waals surface area (Å²) in [5.41, 5.74) is 0.634. The first-order valence-corrected chi connectivity index (χ1v) is 8.60. The first-order chi connectivity index (χ1) is 12.2. The molecule has 132 valence electrons. The van der Waals surface area contributed by atoms with Gasteiger partial charge in [-0.1, -0.05) is 17.7 Å². The molecule has 0 spiro atoms. The Morgan fingerprint density at radius 1 is 1.28 bits per heavy atom. The molecular formula is C18H21ClN4O2. The molecule has 1 aromatic heterocycles. The minimum atomic E-state index is -0.225. The van der Waals surface area contributed by atoms with Gasteiger partial charge in [0.05, 0.1) is 12.1 Å². The van der Waals surface area contributed by atoms with Crippen LogP contribution in [0.5, 0.6) is 5.75 Å². The molecule has 3 rings (SSSR count). The van der Waals surface area contributed by atoms with Crippen molar-refractivity contribution in [1.82, 2.24) is 10.3 Å². The van der Waals surface area contributed by atoms with Crippen LogP contribution in [0.3, 0.4) is 0 Å². The van der Waals surface area contributed by atoms with Gasteiger partial charge in [-0.15, -0.1) is 0 Å². The Kier molecular flexibility index (Phi) is 5.60. The van der Waals surface area contributed by atoms with E-state index in [9.17, 15) is 4.79 Å². The predicted octanol–water partition coefficient (Wildman–Crippen LogP) is 3.53. The molecule has 2 N–H and O–H groups in total. The number of anilines is 2. The van der Waals surface area contributed by atoms with E-state index < -0.39 is 0 Å². The average Bonchev–Trinajstić information content (AvgIpc) is 2.63. The molecule has 1 fully saturated rings. The fraction of sp³-hybridized carbons (Fsp3) is 0.333. The number of nitrogens with one attached hydrogen (secondary N) is 2. The van der Waals surface area contributed by atoms with E-state index in [0.717, 1.165) is 31.7 Å². The average molecular weight is 361 g/mol. The Morgan fingerprint density at radius 3 is 2.72 bits per heavy atom. The molecule has 2 aromatic rings. The predicted molar refractivity (Wildman–Crippen MR) is 99.6 cm³/mol. The maximum absolute atomic E-state index is 12.2. The molecule has 25 heavy (non-hydrogen) atoms. The minimum Gasteiger partial charge on any atom is -0.495 e. The molecule has 7 heteroatoms. The van der Waals surface area contributed by atoms with E-state index in [2.05, 4.69) is 20.5 Å². The van der Waals surface area contributed by atoms with Crippen molar-refractivity contribution in [3.63, 3.8) is 0 Å². The van der Waals surface area contributed by atoms with Gasteiger partial charge in [0.1, 0.15) is 11.6 Å². The highest BCUT2D eigenvalue weighted by molar-refractivity contribution is 6.32. The van der Waals surface area contributed by atoms with Crippen molar-refractivity contribution in [2.75, 3.05) is 30.4 Å². The standard InChI is InChI=1S/C18H21ClN4O2/c1-25-16-6-5-14(12-15(16)19)22-18(24)21-13-7-10-23(11-8-13)17-4-2-3-9-20-17/h2-6,9,12-13H,7-8,10-11H2,1H3,(H2,21,22,24). The third-order valence-electron chi connectivity index (χ3n) is 4.21. The van der Waals surface area contributed by atoms with Crippen molar-refractivity contribution in [2.45, 2.75) is 18.9 Å². The van der Waals surface area contributed by atoms with Crippen LogP contribution in [0.2, 0.25) is 5.02 Å². The lowest BCUT2D eigenvalue weighted by atomic mass is 10.1. The molecule has 0 aliphatic carbocycles. The highest BCUT2D eigenvalue weighted by Gasteiger charge is 2.21. The lowest BCUT2D eigenvalue weighted by Gasteiger charge is -2.33. The number of amides is 2. The molecule has 0 bridgehead atoms. The Morgan fingerprint density at radius 2 is 2.08 bits per heavy atom. The number of urea groups is 1. The number of methoxy groups -OCH3 is 1. The SMILES string of the molecule is COc1ccc(NC(=O)NC2CCN(c3ccccn3)CC2)cc1Cl. The number of piperidine rings is 1. The third kappa shape index (κ3) is 4.54. The van der Waals surface area contributed by atoms with E-state index in [0.29, 0.717) is 16.5 Å². The molecule has 1 aliphatic rings. The zero-order chi connectivity index (χ0) is 17.6. The summed E-state index contributed by atoms with van der Waals surface area (Å²) in [6, 6.07) is 11.0. The molecule has 2 amide bonds. The molecule has 6 nitrogen and oxygen atoms in total. The third-order valence-corrected chi connectivity index (χ3v) is 4.51. The summed E-state index contributed by atoms with van der Waals surface area (Å²) in [6.07, 6.45) is 3.56. The molecule has 1 aliphatic heterocycles. The van der Waals surface area contributed by atoms with Crippen LogP contribution in [0, 0.1) is 0 Å². The normalized spacial score (nSPS) is 14.9. The Balaban J connectivity index is 1.49. The Hall–Kier alpha value is -2.47. The number of aromatic nitrogens is 1. The van der Waals surface area contributed by atoms with Crippen molar-refractivity contribution in [1.29, 1.82) is 0 Å². The van der Waals surface area contributed by atoms with E-state index in [1.807, 2.05) is 18.2 Å². The van der Waals surface area contributed by atoms with Gasteiger partial charge in [0.25, 0.3) is 0 Å². The van der Waals surface area contributed by atoms with Crippen LogP contribution in [0.1, 0.15) is 12.8 Å². The van der Waals surface area contributed by atoms with Crippen molar-refractivity contribution < 1.29 is 9.53 Å². The number of nitrogens with zero attached hydrogens (tertiary/aromatic N) is 2. The van der Waals surface area contributed by atoms with Gasteiger partial charge in [-0.2, -0.15) is 0 Å². The van der Waals surface area contributed by atoms with Crippen LogP contribution in [0.25, 0.3) is 0 Å². The summed E-state index contributed by atoms with van der Waals surface area (Å²) in [5.74, 6) is 1.56. The summed E-state index contributed by atoms with van der Waals surface area (Å²) >= 11 is 6.07. The van der Waals surface area contributed by atoms with Crippen LogP contribution < -0.4 is 20.3 Å². The van der Waals surface area contributed by atoms with Gasteiger partial charge in [-0.25, -0.2) is 9.78 Å². The van der Waals surface area contributed by atoms with E-state index in [4.69, 9.17) is 16.3 Å². The number of rotatable bonds is 4. The van der Waals surface area contributed by atoms with Crippen molar-refractivity contribution in [2.24, 2.45) is 0 Å². The molecule has 0 radical (unpaired) electrons. The molecule has 0 unspecified atom stereocenters. The van der Waals surface area contributed by atoms with E-state index in [1.54, 1.807) is 31.5 Å². The largest absolute Gasteiger partial charge is 0.495 e. The summed E-state index contributed by atoms with van der Waals surface area (Å²) in [4.78, 5) is 18.8. The monoisotopic (exact) mass is 360 g/mol. The van der Waals surface area contributed by atoms with Crippen LogP contribution in [-0.2, 0) is 0 Å². The number of benzene rings is 1. The smallest absolute Gasteiger partial charge is 0.319 e. The number of carbonyl (C=O) groups excluding carboxylic acids is 1. The number of pyridine rings is 1. The fourth-order valence-corrected chi connectivity index (χ4v) is 3.15. The summed E-state index contributed by atoms with van der Waals surface area (Å²) in [5, 5.41) is 6.29. The summed E-state index contributed by atoms with van der Waals surface area (Å²) in [7, 11) is 1.55. The maximum atomic E-state index is 12.2. The molecule has 2 heterocycles. The van der Waals surface area contributed by atoms with Gasteiger partial charge in [0.15, 0.2) is 0 Å². The first kappa shape index (κ1) is 17.4. The van der Waals surface area contributed by atoms with Gasteiger partial charge in [-0.3, -0.25) is 0 Å². The molecular weight excluding hydrogens is 340 g/mol. The van der Waals surface area contributed by atoms with Gasteiger partial charge in [0.2, 0.25) is 0 Å². The molecule has 0 atom stereocenters. The van der Waals surface area contributed by atoms with Crippen molar-refractivity contribution in [3.05, 3.63) is 47.6 Å². The Labute approximate surface area is 152 Å². The van der Waals surface area contributed by atoms with Crippen molar-refractivity contribution >= 4 is 29.1 Å². The van der Waals surface area contributed by atoms with Gasteiger partial charge >= 0.3 is 6.03 Å². The second kappa shape index (κ2) is 8.07. The van der Waals surface area contributed by atoms with Crippen LogP contribution >= 0.6 is 11.6 Å². The van der Waals surface area contributed by atoms with E-state index in [-0.39, 0.29) is 12.1 Å². The number of carbonyl (C=O) groups is 1. The zero-order valence-electron chi connectivity index (χ0n) is 14.0. The topological polar surface area (TPSA) is 66.5 Å². The quantitative estimate of drug-likeness (QED) is 0.875. The van der Waals surface area contributed by atoms with Gasteiger partial charge in [-0.05, 0) is 43.2 Å². The second-order valence-corrected chi connectivity index (χ2v) is 6.30. The molecule has 1 saturated heterocycles. The molecule has 0 saturated carbocycles. The second-order valence-electron chi connectivity index (χ2n) is 5.90. The lowest BCUT2D eigenvalue weighted by molar-refractivity contribution is 0.246. The van der Waals surface area contributed by atoms with E-state index in [1.165, 1.54) is 0 Å². The number of hydrogen-bond acceptors (Lipinski definition) is 4. The van der Waals surface area contributed by atoms with Gasteiger partial charge < -0.3 is 20.3 Å². The minimum absolute atomic E-state index is 0.147. The summed E-state index contributed by atoms with van der Waals surface area (Å²) < 4.78 is 5.10. The first-order valence-electron chi connectivity index (χ1n) is 8.23. The van der Waals surface area contributed by atoms with Gasteiger partial charge in [0, 0.05) is 31.0 Å². The number of hydrogen-bond donors (Lipinski definition) is 2. The van der Waals surface area contributed by atoms with E-state index >= 15 is 0 Å². The van der Waals surface area contributed by atoms with Crippen LogP contribution in [0.15, 0.2) is 42.6 Å². The van der Waals surface area contributed by atoms with Crippen LogP contribution in [0.4, 0.5) is 16.3 Å². The summed E-state index contributed by atoms with van der Waals surface area (Å²) in [6.45, 7) is 1.74. The molecule has 1 aromatic carbocycles. The lowest BCUT2D eigenvalue weighted by Crippen LogP contribution is -2.46. The maximum Gasteiger partial charge on any atom is 0.319 e. The fourth-order valence-electron chi connectivity index (χ4n) is 2.89.